The molecule has 3 aromatic heterocycles. The summed E-state index contributed by atoms with van der Waals surface area (Å²) >= 11 is 3.37. The van der Waals surface area contributed by atoms with Gasteiger partial charge in [-0.15, -0.1) is 10.2 Å². The molecule has 0 unspecified atom stereocenters. The van der Waals surface area contributed by atoms with Crippen molar-refractivity contribution >= 4 is 29.3 Å². The summed E-state index contributed by atoms with van der Waals surface area (Å²) in [5.41, 5.74) is 7.66. The predicted molar refractivity (Wildman–Crippen MR) is 94.8 cm³/mol. The monoisotopic (exact) mass is 357 g/mol. The predicted octanol–water partition coefficient (Wildman–Crippen LogP) is 2.29. The van der Waals surface area contributed by atoms with Gasteiger partial charge in [0.2, 0.25) is 0 Å². The summed E-state index contributed by atoms with van der Waals surface area (Å²) in [5.74, 6) is 2.28. The molecule has 0 spiro atoms. The summed E-state index contributed by atoms with van der Waals surface area (Å²) in [6, 6.07) is 5.68. The Balaban J connectivity index is 1.45. The number of rotatable bonds is 4. The van der Waals surface area contributed by atoms with Gasteiger partial charge < -0.3 is 10.3 Å². The van der Waals surface area contributed by atoms with Gasteiger partial charge in [-0.05, 0) is 19.1 Å². The lowest BCUT2D eigenvalue weighted by Crippen LogP contribution is -2.10. The lowest BCUT2D eigenvalue weighted by molar-refractivity contribution is 0.677. The molecule has 2 N–H and O–H groups in total. The molecule has 3 aromatic rings. The fraction of sp³-hybridized carbons (Fsp3) is 0.267. The number of hydrogen-bond donors (Lipinski definition) is 1. The van der Waals surface area contributed by atoms with Crippen molar-refractivity contribution in [3.63, 3.8) is 0 Å². The topological polar surface area (TPSA) is 95.4 Å². The highest BCUT2D eigenvalue weighted by Gasteiger charge is 2.27. The van der Waals surface area contributed by atoms with E-state index < -0.39 is 0 Å². The van der Waals surface area contributed by atoms with Crippen LogP contribution in [0.5, 0.6) is 0 Å². The Morgan fingerprint density at radius 2 is 2.29 bits per heavy atom. The molecule has 0 bridgehead atoms. The van der Waals surface area contributed by atoms with Crippen LogP contribution < -0.4 is 5.73 Å². The van der Waals surface area contributed by atoms with Crippen molar-refractivity contribution in [3.8, 4) is 11.4 Å². The minimum absolute atomic E-state index is 0.404. The minimum Gasteiger partial charge on any atom is -0.384 e. The molecule has 24 heavy (non-hydrogen) atoms. The van der Waals surface area contributed by atoms with Crippen molar-refractivity contribution in [2.45, 2.75) is 29.0 Å². The quantitative estimate of drug-likeness (QED) is 0.561. The number of nitrogen functional groups attached to an aromatic ring is 1. The fourth-order valence-corrected chi connectivity index (χ4v) is 4.72. The summed E-state index contributed by atoms with van der Waals surface area (Å²) in [6.07, 6.45) is 3.57. The highest BCUT2D eigenvalue weighted by atomic mass is 32.2. The third kappa shape index (κ3) is 3.09. The first-order valence-electron chi connectivity index (χ1n) is 7.43. The number of aryl methyl sites for hydroxylation is 1. The Morgan fingerprint density at radius 1 is 1.38 bits per heavy atom. The van der Waals surface area contributed by atoms with Crippen molar-refractivity contribution in [3.05, 3.63) is 36.3 Å². The van der Waals surface area contributed by atoms with E-state index in [9.17, 15) is 0 Å². The molecule has 7 nitrogen and oxygen atoms in total. The normalized spacial score (nSPS) is 16.3. The lowest BCUT2D eigenvalue weighted by Gasteiger charge is -2.08. The van der Waals surface area contributed by atoms with Crippen LogP contribution in [0.1, 0.15) is 5.69 Å². The molecule has 0 radical (unpaired) electrons. The first kappa shape index (κ1) is 15.4. The number of pyridine rings is 1. The Morgan fingerprint density at radius 3 is 3.08 bits per heavy atom. The Labute approximate surface area is 147 Å². The summed E-state index contributed by atoms with van der Waals surface area (Å²) in [5, 5.41) is 10.7. The minimum atomic E-state index is 0.404. The number of hydrogen-bond acceptors (Lipinski definition) is 8. The largest absolute Gasteiger partial charge is 0.384 e. The number of fused-ring (bicyclic) bond motifs is 1. The third-order valence-corrected chi connectivity index (χ3v) is 5.93. The highest BCUT2D eigenvalue weighted by Crippen LogP contribution is 2.36. The van der Waals surface area contributed by atoms with Crippen molar-refractivity contribution in [1.82, 2.24) is 29.7 Å². The second-order valence-electron chi connectivity index (χ2n) is 5.43. The number of nitrogens with two attached hydrogens (primary N) is 1. The molecule has 1 aliphatic rings. The zero-order chi connectivity index (χ0) is 16.5. The SMILES string of the molecule is Cc1cc(N)nc(SC[C@@H]2Cn3c(nnc3-c3cccnc3)S2)n1. The first-order valence-corrected chi connectivity index (χ1v) is 9.30. The van der Waals surface area contributed by atoms with E-state index in [1.165, 1.54) is 0 Å². The number of anilines is 1. The summed E-state index contributed by atoms with van der Waals surface area (Å²) in [4.78, 5) is 12.8. The molecule has 0 aliphatic carbocycles. The molecule has 0 aromatic carbocycles. The molecule has 0 saturated carbocycles. The standard InChI is InChI=1S/C15H15N7S2/c1-9-5-12(16)19-14(18-9)23-8-11-7-22-13(20-21-15(22)24-11)10-3-2-4-17-6-10/h2-6,11H,7-8H2,1H3,(H2,16,18,19)/t11-/m0/s1. The second-order valence-corrected chi connectivity index (χ2v) is 7.68. The molecule has 0 fully saturated rings. The van der Waals surface area contributed by atoms with E-state index in [1.807, 2.05) is 25.3 Å². The van der Waals surface area contributed by atoms with Gasteiger partial charge in [-0.2, -0.15) is 0 Å². The summed E-state index contributed by atoms with van der Waals surface area (Å²) in [7, 11) is 0. The van der Waals surface area contributed by atoms with Crippen LogP contribution in [0.25, 0.3) is 11.4 Å². The number of thioether (sulfide) groups is 2. The average Bonchev–Trinajstić information content (AvgIpc) is 3.13. The summed E-state index contributed by atoms with van der Waals surface area (Å²) < 4.78 is 2.15. The lowest BCUT2D eigenvalue weighted by atomic mass is 10.2. The molecule has 0 saturated heterocycles. The Bertz CT molecular complexity index is 845. The van der Waals surface area contributed by atoms with E-state index >= 15 is 0 Å². The average molecular weight is 357 g/mol. The summed E-state index contributed by atoms with van der Waals surface area (Å²) in [6.45, 7) is 2.79. The fourth-order valence-electron chi connectivity index (χ4n) is 2.52. The zero-order valence-corrected chi connectivity index (χ0v) is 14.6. The number of aromatic nitrogens is 6. The molecule has 4 heterocycles. The van der Waals surface area contributed by atoms with Crippen LogP contribution in [0.15, 0.2) is 40.9 Å². The van der Waals surface area contributed by atoms with Crippen LogP contribution in [-0.4, -0.2) is 40.7 Å². The second kappa shape index (κ2) is 6.40. The Kier molecular flexibility index (Phi) is 4.11. The van der Waals surface area contributed by atoms with Crippen molar-refractivity contribution in [2.24, 2.45) is 0 Å². The van der Waals surface area contributed by atoms with Gasteiger partial charge in [0, 0.05) is 47.3 Å². The van der Waals surface area contributed by atoms with Crippen LogP contribution >= 0.6 is 23.5 Å². The molecule has 1 atom stereocenters. The van der Waals surface area contributed by atoms with Crippen LogP contribution in [0, 0.1) is 6.92 Å². The molecule has 9 heteroatoms. The van der Waals surface area contributed by atoms with Gasteiger partial charge in [0.05, 0.1) is 0 Å². The Hall–Kier alpha value is -2.13. The van der Waals surface area contributed by atoms with E-state index in [-0.39, 0.29) is 0 Å². The van der Waals surface area contributed by atoms with Crippen molar-refractivity contribution < 1.29 is 0 Å². The maximum Gasteiger partial charge on any atom is 0.191 e. The van der Waals surface area contributed by atoms with E-state index in [1.54, 1.807) is 35.8 Å². The molecular weight excluding hydrogens is 342 g/mol. The molecule has 4 rings (SSSR count). The maximum absolute atomic E-state index is 5.78. The molecular formula is C15H15N7S2. The van der Waals surface area contributed by atoms with Gasteiger partial charge in [-0.1, -0.05) is 23.5 Å². The van der Waals surface area contributed by atoms with E-state index in [2.05, 4.69) is 29.7 Å². The van der Waals surface area contributed by atoms with Crippen LogP contribution in [0.2, 0.25) is 0 Å². The van der Waals surface area contributed by atoms with Crippen molar-refractivity contribution in [1.29, 1.82) is 0 Å². The van der Waals surface area contributed by atoms with E-state index in [4.69, 9.17) is 5.73 Å². The molecule has 122 valence electrons. The van der Waals surface area contributed by atoms with Crippen molar-refractivity contribution in [2.75, 3.05) is 11.5 Å². The van der Waals surface area contributed by atoms with E-state index in [0.29, 0.717) is 11.1 Å². The van der Waals surface area contributed by atoms with Gasteiger partial charge >= 0.3 is 0 Å². The van der Waals surface area contributed by atoms with Gasteiger partial charge in [0.25, 0.3) is 0 Å². The highest BCUT2D eigenvalue weighted by molar-refractivity contribution is 8.03. The molecule has 0 amide bonds. The van der Waals surface area contributed by atoms with Gasteiger partial charge in [0.1, 0.15) is 5.82 Å². The number of nitrogens with zero attached hydrogens (tertiary/aromatic N) is 6. The maximum atomic E-state index is 5.78. The van der Waals surface area contributed by atoms with Crippen LogP contribution in [0.3, 0.4) is 0 Å². The smallest absolute Gasteiger partial charge is 0.191 e. The zero-order valence-electron chi connectivity index (χ0n) is 13.0. The van der Waals surface area contributed by atoms with E-state index in [0.717, 1.165) is 39.7 Å². The van der Waals surface area contributed by atoms with Crippen LogP contribution in [0.4, 0.5) is 5.82 Å². The van der Waals surface area contributed by atoms with Gasteiger partial charge in [0.15, 0.2) is 16.1 Å². The third-order valence-electron chi connectivity index (χ3n) is 3.55. The first-order chi connectivity index (χ1) is 11.7. The van der Waals surface area contributed by atoms with Gasteiger partial charge in [-0.3, -0.25) is 4.98 Å². The van der Waals surface area contributed by atoms with Crippen LogP contribution in [-0.2, 0) is 6.54 Å². The van der Waals surface area contributed by atoms with Gasteiger partial charge in [-0.25, -0.2) is 9.97 Å². The molecule has 1 aliphatic heterocycles.